The van der Waals surface area contributed by atoms with Crippen LogP contribution in [0.4, 0.5) is 5.69 Å². The molecule has 6 heteroatoms. The van der Waals surface area contributed by atoms with Crippen LogP contribution < -0.4 is 4.74 Å². The maximum atomic E-state index is 12.3. The van der Waals surface area contributed by atoms with Gasteiger partial charge in [-0.1, -0.05) is 6.07 Å². The van der Waals surface area contributed by atoms with Gasteiger partial charge in [-0.3, -0.25) is 14.9 Å². The van der Waals surface area contributed by atoms with Crippen LogP contribution >= 0.6 is 11.3 Å². The Labute approximate surface area is 120 Å². The summed E-state index contributed by atoms with van der Waals surface area (Å²) in [5.74, 6) is -0.129. The van der Waals surface area contributed by atoms with Crippen molar-refractivity contribution < 1.29 is 14.5 Å². The van der Waals surface area contributed by atoms with E-state index in [1.54, 1.807) is 13.0 Å². The third-order valence-electron chi connectivity index (χ3n) is 2.72. The van der Waals surface area contributed by atoms with Crippen molar-refractivity contribution >= 4 is 22.8 Å². The molecule has 0 spiro atoms. The molecule has 0 unspecified atom stereocenters. The minimum atomic E-state index is -0.535. The molecule has 0 aliphatic rings. The van der Waals surface area contributed by atoms with Crippen LogP contribution in [-0.2, 0) is 6.42 Å². The highest BCUT2D eigenvalue weighted by molar-refractivity contribution is 7.08. The highest BCUT2D eigenvalue weighted by Gasteiger charge is 2.22. The molecule has 0 saturated carbocycles. The number of benzene rings is 1. The Hall–Kier alpha value is -2.21. The summed E-state index contributed by atoms with van der Waals surface area (Å²) in [6.07, 6.45) is 0.213. The van der Waals surface area contributed by atoms with E-state index in [2.05, 4.69) is 0 Å². The van der Waals surface area contributed by atoms with Crippen molar-refractivity contribution in [2.24, 2.45) is 0 Å². The van der Waals surface area contributed by atoms with Gasteiger partial charge in [-0.15, -0.1) is 0 Å². The van der Waals surface area contributed by atoms with Crippen molar-refractivity contribution in [2.45, 2.75) is 13.3 Å². The van der Waals surface area contributed by atoms with E-state index >= 15 is 0 Å². The number of para-hydroxylation sites is 1. The third-order valence-corrected chi connectivity index (χ3v) is 3.46. The summed E-state index contributed by atoms with van der Waals surface area (Å²) >= 11 is 1.51. The van der Waals surface area contributed by atoms with Crippen molar-refractivity contribution in [1.82, 2.24) is 0 Å². The molecular weight excluding hydrogens is 278 g/mol. The molecular formula is C14H13NO4S. The molecule has 0 aliphatic heterocycles. The number of nitro benzene ring substituents is 1. The molecule has 0 bridgehead atoms. The summed E-state index contributed by atoms with van der Waals surface area (Å²) in [5, 5.41) is 14.8. The van der Waals surface area contributed by atoms with E-state index in [0.29, 0.717) is 0 Å². The lowest BCUT2D eigenvalue weighted by atomic mass is 10.0. The average molecular weight is 291 g/mol. The molecule has 2 rings (SSSR count). The molecule has 0 aliphatic carbocycles. The molecule has 0 amide bonds. The van der Waals surface area contributed by atoms with E-state index < -0.39 is 4.92 Å². The van der Waals surface area contributed by atoms with E-state index in [9.17, 15) is 14.9 Å². The zero-order valence-electron chi connectivity index (χ0n) is 10.9. The van der Waals surface area contributed by atoms with E-state index in [1.807, 2.05) is 16.8 Å². The normalized spacial score (nSPS) is 10.2. The fourth-order valence-corrected chi connectivity index (χ4v) is 2.53. The van der Waals surface area contributed by atoms with Gasteiger partial charge >= 0.3 is 5.69 Å². The number of nitro groups is 1. The minimum absolute atomic E-state index is 0.0558. The summed E-state index contributed by atoms with van der Waals surface area (Å²) in [7, 11) is 0. The number of ether oxygens (including phenoxy) is 1. The maximum absolute atomic E-state index is 12.3. The van der Waals surface area contributed by atoms with E-state index in [-0.39, 0.29) is 35.8 Å². The predicted molar refractivity (Wildman–Crippen MR) is 76.6 cm³/mol. The van der Waals surface area contributed by atoms with Gasteiger partial charge in [-0.25, -0.2) is 0 Å². The predicted octanol–water partition coefficient (Wildman–Crippen LogP) is 3.48. The first-order valence-electron chi connectivity index (χ1n) is 6.08. The SMILES string of the molecule is CCOc1c(C(=O)Cc2ccsc2)cccc1[N+](=O)[O-]. The molecule has 1 aromatic carbocycles. The Morgan fingerprint density at radius 3 is 2.80 bits per heavy atom. The van der Waals surface area contributed by atoms with Crippen LogP contribution in [0.2, 0.25) is 0 Å². The standard InChI is InChI=1S/C14H13NO4S/c1-2-19-14-11(4-3-5-12(14)15(17)18)13(16)8-10-6-7-20-9-10/h3-7,9H,2,8H2,1H3. The van der Waals surface area contributed by atoms with E-state index in [1.165, 1.54) is 23.5 Å². The largest absolute Gasteiger partial charge is 0.487 e. The summed E-state index contributed by atoms with van der Waals surface area (Å²) in [5.41, 5.74) is 0.976. The molecule has 5 nitrogen and oxygen atoms in total. The Morgan fingerprint density at radius 2 is 2.20 bits per heavy atom. The van der Waals surface area contributed by atoms with Crippen LogP contribution in [0.25, 0.3) is 0 Å². The Kier molecular flexibility index (Phi) is 4.47. The van der Waals surface area contributed by atoms with Gasteiger partial charge in [0, 0.05) is 12.5 Å². The van der Waals surface area contributed by atoms with Crippen molar-refractivity contribution in [3.63, 3.8) is 0 Å². The first-order chi connectivity index (χ1) is 9.63. The number of ketones is 1. The van der Waals surface area contributed by atoms with Crippen LogP contribution in [0.15, 0.2) is 35.0 Å². The fourth-order valence-electron chi connectivity index (χ4n) is 1.86. The first-order valence-corrected chi connectivity index (χ1v) is 7.02. The smallest absolute Gasteiger partial charge is 0.311 e. The van der Waals surface area contributed by atoms with Gasteiger partial charge in [0.1, 0.15) is 0 Å². The van der Waals surface area contributed by atoms with Crippen LogP contribution in [-0.4, -0.2) is 17.3 Å². The van der Waals surface area contributed by atoms with Crippen molar-refractivity contribution in [3.8, 4) is 5.75 Å². The van der Waals surface area contributed by atoms with Gasteiger partial charge in [0.05, 0.1) is 17.1 Å². The molecule has 0 atom stereocenters. The molecule has 0 N–H and O–H groups in total. The molecule has 0 fully saturated rings. The number of Topliss-reactive ketones (excluding diaryl/α,β-unsaturated/α-hetero) is 1. The summed E-state index contributed by atoms with van der Waals surface area (Å²) < 4.78 is 5.31. The summed E-state index contributed by atoms with van der Waals surface area (Å²) in [6, 6.07) is 6.26. The van der Waals surface area contributed by atoms with E-state index in [0.717, 1.165) is 5.56 Å². The minimum Gasteiger partial charge on any atom is -0.487 e. The lowest BCUT2D eigenvalue weighted by Gasteiger charge is -2.09. The quantitative estimate of drug-likeness (QED) is 0.464. The van der Waals surface area contributed by atoms with E-state index in [4.69, 9.17) is 4.74 Å². The number of nitrogens with zero attached hydrogens (tertiary/aromatic N) is 1. The fraction of sp³-hybridized carbons (Fsp3) is 0.214. The van der Waals surface area contributed by atoms with Gasteiger partial charge in [-0.05, 0) is 35.4 Å². The molecule has 1 heterocycles. The molecule has 104 valence electrons. The van der Waals surface area contributed by atoms with Crippen LogP contribution in [0.1, 0.15) is 22.8 Å². The molecule has 20 heavy (non-hydrogen) atoms. The first kappa shape index (κ1) is 14.2. The van der Waals surface area contributed by atoms with Crippen LogP contribution in [0.5, 0.6) is 5.75 Å². The highest BCUT2D eigenvalue weighted by Crippen LogP contribution is 2.31. The molecule has 2 aromatic rings. The maximum Gasteiger partial charge on any atom is 0.311 e. The summed E-state index contributed by atoms with van der Waals surface area (Å²) in [4.78, 5) is 22.8. The zero-order chi connectivity index (χ0) is 14.5. The Bertz CT molecular complexity index is 622. The number of rotatable bonds is 6. The van der Waals surface area contributed by atoms with Gasteiger partial charge in [0.2, 0.25) is 5.75 Å². The number of carbonyl (C=O) groups is 1. The highest BCUT2D eigenvalue weighted by atomic mass is 32.1. The van der Waals surface area contributed by atoms with Gasteiger partial charge < -0.3 is 4.74 Å². The summed E-state index contributed by atoms with van der Waals surface area (Å²) in [6.45, 7) is 1.99. The second-order valence-corrected chi connectivity index (χ2v) is 4.86. The number of hydrogen-bond donors (Lipinski definition) is 0. The molecule has 0 radical (unpaired) electrons. The van der Waals surface area contributed by atoms with Crippen molar-refractivity contribution in [3.05, 3.63) is 56.3 Å². The van der Waals surface area contributed by atoms with Gasteiger partial charge in [0.15, 0.2) is 5.78 Å². The monoisotopic (exact) mass is 291 g/mol. The average Bonchev–Trinajstić information content (AvgIpc) is 2.91. The second-order valence-electron chi connectivity index (χ2n) is 4.08. The lowest BCUT2D eigenvalue weighted by molar-refractivity contribution is -0.385. The third kappa shape index (κ3) is 3.03. The Morgan fingerprint density at radius 1 is 1.40 bits per heavy atom. The molecule has 0 saturated heterocycles. The lowest BCUT2D eigenvalue weighted by Crippen LogP contribution is -2.08. The van der Waals surface area contributed by atoms with Gasteiger partial charge in [-0.2, -0.15) is 11.3 Å². The number of thiophene rings is 1. The van der Waals surface area contributed by atoms with Crippen molar-refractivity contribution in [1.29, 1.82) is 0 Å². The van der Waals surface area contributed by atoms with Crippen LogP contribution in [0.3, 0.4) is 0 Å². The topological polar surface area (TPSA) is 69.4 Å². The molecule has 1 aromatic heterocycles. The second kappa shape index (κ2) is 6.29. The van der Waals surface area contributed by atoms with Gasteiger partial charge in [0.25, 0.3) is 0 Å². The number of carbonyl (C=O) groups excluding carboxylic acids is 1. The zero-order valence-corrected chi connectivity index (χ0v) is 11.7. The number of hydrogen-bond acceptors (Lipinski definition) is 5. The Balaban J connectivity index is 2.37. The van der Waals surface area contributed by atoms with Crippen LogP contribution in [0, 0.1) is 10.1 Å². The van der Waals surface area contributed by atoms with Crippen molar-refractivity contribution in [2.75, 3.05) is 6.61 Å².